The maximum absolute atomic E-state index is 10.9. The van der Waals surface area contributed by atoms with Crippen LogP contribution in [0, 0.1) is 3.57 Å². The van der Waals surface area contributed by atoms with Crippen LogP contribution < -0.4 is 5.32 Å². The van der Waals surface area contributed by atoms with E-state index in [0.717, 1.165) is 13.6 Å². The lowest BCUT2D eigenvalue weighted by Crippen LogP contribution is -2.19. The predicted molar refractivity (Wildman–Crippen MR) is 82.5 cm³/mol. The lowest BCUT2D eigenvalue weighted by molar-refractivity contribution is -0.116. The predicted octanol–water partition coefficient (Wildman–Crippen LogP) is 2.61. The highest BCUT2D eigenvalue weighted by atomic mass is 127. The second-order valence-electron chi connectivity index (χ2n) is 3.13. The summed E-state index contributed by atoms with van der Waals surface area (Å²) in [6, 6.07) is 5.86. The molecule has 0 aliphatic carbocycles. The Hall–Kier alpha value is -0.410. The molecular formula is C10H7BrIN3OS. The number of carbonyl (C=O) groups is 1. The van der Waals surface area contributed by atoms with Crippen molar-refractivity contribution in [2.75, 3.05) is 5.75 Å². The minimum absolute atomic E-state index is 0.0269. The SMILES string of the molecule is O=C1CSC(=NN=Cc2cccc(Br)c2I)N1. The van der Waals surface area contributed by atoms with Gasteiger partial charge >= 0.3 is 0 Å². The summed E-state index contributed by atoms with van der Waals surface area (Å²) in [6.45, 7) is 0. The highest BCUT2D eigenvalue weighted by molar-refractivity contribution is 14.1. The van der Waals surface area contributed by atoms with Crippen molar-refractivity contribution in [1.82, 2.24) is 5.32 Å². The summed E-state index contributed by atoms with van der Waals surface area (Å²) in [5, 5.41) is 11.1. The van der Waals surface area contributed by atoms with Gasteiger partial charge in [0.1, 0.15) is 0 Å². The number of hydrogen-bond acceptors (Lipinski definition) is 4. The standard InChI is InChI=1S/C10H7BrIN3OS/c11-7-3-1-2-6(9(7)12)4-13-15-10-14-8(16)5-17-10/h1-4H,5H2,(H,14,15,16). The van der Waals surface area contributed by atoms with Crippen molar-refractivity contribution in [2.45, 2.75) is 0 Å². The summed E-state index contributed by atoms with van der Waals surface area (Å²) in [6.07, 6.45) is 1.67. The molecule has 1 saturated heterocycles. The van der Waals surface area contributed by atoms with Gasteiger partial charge in [0.15, 0.2) is 5.17 Å². The Kier molecular flexibility index (Phi) is 4.57. The third-order valence-electron chi connectivity index (χ3n) is 1.91. The van der Waals surface area contributed by atoms with Crippen molar-refractivity contribution in [3.8, 4) is 0 Å². The second-order valence-corrected chi connectivity index (χ2v) is 6.03. The van der Waals surface area contributed by atoms with E-state index in [2.05, 4.69) is 54.0 Å². The summed E-state index contributed by atoms with van der Waals surface area (Å²) >= 11 is 7.04. The van der Waals surface area contributed by atoms with Crippen LogP contribution in [-0.2, 0) is 4.79 Å². The zero-order valence-corrected chi connectivity index (χ0v) is 13.0. The van der Waals surface area contributed by atoms with Crippen LogP contribution in [0.2, 0.25) is 0 Å². The van der Waals surface area contributed by atoms with Crippen molar-refractivity contribution < 1.29 is 4.79 Å². The molecule has 17 heavy (non-hydrogen) atoms. The van der Waals surface area contributed by atoms with Gasteiger partial charge in [0, 0.05) is 13.6 Å². The number of rotatable bonds is 2. The Bertz CT molecular complexity index is 518. The molecule has 1 heterocycles. The quantitative estimate of drug-likeness (QED) is 0.451. The molecule has 1 aliphatic rings. The first-order chi connectivity index (χ1) is 8.16. The second kappa shape index (κ2) is 5.96. The first-order valence-electron chi connectivity index (χ1n) is 4.64. The topological polar surface area (TPSA) is 53.8 Å². The molecule has 7 heteroatoms. The molecule has 1 aromatic carbocycles. The maximum atomic E-state index is 10.9. The van der Waals surface area contributed by atoms with E-state index < -0.39 is 0 Å². The average molecular weight is 424 g/mol. The lowest BCUT2D eigenvalue weighted by atomic mass is 10.2. The molecule has 2 rings (SSSR count). The van der Waals surface area contributed by atoms with E-state index >= 15 is 0 Å². The van der Waals surface area contributed by atoms with Crippen molar-refractivity contribution in [3.05, 3.63) is 31.8 Å². The molecular weight excluding hydrogens is 417 g/mol. The third-order valence-corrected chi connectivity index (χ3v) is 5.38. The molecule has 0 saturated carbocycles. The summed E-state index contributed by atoms with van der Waals surface area (Å²) in [7, 11) is 0. The average Bonchev–Trinajstić information content (AvgIpc) is 2.70. The summed E-state index contributed by atoms with van der Waals surface area (Å²) in [5.74, 6) is 0.393. The van der Waals surface area contributed by atoms with E-state index in [0.29, 0.717) is 10.9 Å². The van der Waals surface area contributed by atoms with E-state index in [1.807, 2.05) is 18.2 Å². The van der Waals surface area contributed by atoms with Gasteiger partial charge in [-0.2, -0.15) is 5.10 Å². The number of nitrogens with one attached hydrogen (secondary N) is 1. The fourth-order valence-corrected chi connectivity index (χ4v) is 2.65. The Labute approximate surface area is 125 Å². The molecule has 1 aromatic rings. The molecule has 1 amide bonds. The normalized spacial score (nSPS) is 18.0. The van der Waals surface area contributed by atoms with E-state index in [4.69, 9.17) is 0 Å². The number of amidine groups is 1. The van der Waals surface area contributed by atoms with Crippen molar-refractivity contribution in [3.63, 3.8) is 0 Å². The molecule has 0 aromatic heterocycles. The Balaban J connectivity index is 2.11. The van der Waals surface area contributed by atoms with Gasteiger partial charge < -0.3 is 5.32 Å². The first kappa shape index (κ1) is 13.0. The van der Waals surface area contributed by atoms with Gasteiger partial charge in [-0.1, -0.05) is 23.9 Å². The molecule has 0 atom stereocenters. The van der Waals surface area contributed by atoms with Crippen LogP contribution in [0.1, 0.15) is 5.56 Å². The number of nitrogens with zero attached hydrogens (tertiary/aromatic N) is 2. The van der Waals surface area contributed by atoms with Crippen LogP contribution in [0.3, 0.4) is 0 Å². The summed E-state index contributed by atoms with van der Waals surface area (Å²) in [4.78, 5) is 10.9. The summed E-state index contributed by atoms with van der Waals surface area (Å²) < 4.78 is 2.11. The van der Waals surface area contributed by atoms with Gasteiger partial charge in [0.25, 0.3) is 0 Å². The van der Waals surface area contributed by atoms with Gasteiger partial charge in [-0.3, -0.25) is 4.79 Å². The first-order valence-corrected chi connectivity index (χ1v) is 7.50. The van der Waals surface area contributed by atoms with Crippen molar-refractivity contribution in [1.29, 1.82) is 0 Å². The molecule has 4 nitrogen and oxygen atoms in total. The van der Waals surface area contributed by atoms with Crippen molar-refractivity contribution >= 4 is 67.6 Å². The van der Waals surface area contributed by atoms with Crippen LogP contribution in [0.4, 0.5) is 0 Å². The van der Waals surface area contributed by atoms with Crippen molar-refractivity contribution in [2.24, 2.45) is 10.2 Å². The molecule has 0 radical (unpaired) electrons. The minimum Gasteiger partial charge on any atom is -0.303 e. The largest absolute Gasteiger partial charge is 0.303 e. The number of benzene rings is 1. The van der Waals surface area contributed by atoms with Gasteiger partial charge in [0.05, 0.1) is 12.0 Å². The molecule has 0 spiro atoms. The minimum atomic E-state index is -0.0269. The van der Waals surface area contributed by atoms with Crippen LogP contribution in [-0.4, -0.2) is 23.0 Å². The fraction of sp³-hybridized carbons (Fsp3) is 0.100. The van der Waals surface area contributed by atoms with E-state index in [1.54, 1.807) is 6.21 Å². The fourth-order valence-electron chi connectivity index (χ4n) is 1.14. The number of amides is 1. The van der Waals surface area contributed by atoms with E-state index in [1.165, 1.54) is 11.8 Å². The van der Waals surface area contributed by atoms with Gasteiger partial charge in [-0.15, -0.1) is 5.10 Å². The highest BCUT2D eigenvalue weighted by Gasteiger charge is 2.15. The zero-order valence-electron chi connectivity index (χ0n) is 8.48. The van der Waals surface area contributed by atoms with Gasteiger partial charge in [0.2, 0.25) is 5.91 Å². The van der Waals surface area contributed by atoms with Crippen LogP contribution >= 0.6 is 50.3 Å². The summed E-state index contributed by atoms with van der Waals surface area (Å²) in [5.41, 5.74) is 0.985. The smallest absolute Gasteiger partial charge is 0.236 e. The molecule has 1 aliphatic heterocycles. The number of hydrogen-bond donors (Lipinski definition) is 1. The van der Waals surface area contributed by atoms with Gasteiger partial charge in [-0.05, 0) is 44.6 Å². The molecule has 0 bridgehead atoms. The zero-order chi connectivity index (χ0) is 12.3. The number of halogens is 2. The third kappa shape index (κ3) is 3.52. The molecule has 0 unspecified atom stereocenters. The monoisotopic (exact) mass is 423 g/mol. The van der Waals surface area contributed by atoms with E-state index in [-0.39, 0.29) is 5.91 Å². The van der Waals surface area contributed by atoms with Crippen LogP contribution in [0.15, 0.2) is 32.9 Å². The number of thioether (sulfide) groups is 1. The lowest BCUT2D eigenvalue weighted by Gasteiger charge is -1.98. The van der Waals surface area contributed by atoms with E-state index in [9.17, 15) is 4.79 Å². The number of carbonyl (C=O) groups excluding carboxylic acids is 1. The molecule has 88 valence electrons. The highest BCUT2D eigenvalue weighted by Crippen LogP contribution is 2.21. The van der Waals surface area contributed by atoms with Crippen LogP contribution in [0.25, 0.3) is 0 Å². The van der Waals surface area contributed by atoms with Gasteiger partial charge in [-0.25, -0.2) is 0 Å². The van der Waals surface area contributed by atoms with Crippen LogP contribution in [0.5, 0.6) is 0 Å². The Morgan fingerprint density at radius 2 is 2.35 bits per heavy atom. The Morgan fingerprint density at radius 3 is 3.06 bits per heavy atom. The molecule has 1 fully saturated rings. The maximum Gasteiger partial charge on any atom is 0.236 e. The Morgan fingerprint density at radius 1 is 1.53 bits per heavy atom. The molecule has 1 N–H and O–H groups in total.